The van der Waals surface area contributed by atoms with Crippen LogP contribution in [0.25, 0.3) is 11.1 Å². The molecule has 0 amide bonds. The maximum atomic E-state index is 7.01. The molecule has 194 valence electrons. The van der Waals surface area contributed by atoms with Gasteiger partial charge in [-0.2, -0.15) is 0 Å². The monoisotopic (exact) mass is 496 g/mol. The second-order valence-corrected chi connectivity index (χ2v) is 11.7. The molecule has 0 bridgehead atoms. The Morgan fingerprint density at radius 3 is 1.76 bits per heavy atom. The lowest BCUT2D eigenvalue weighted by Gasteiger charge is -2.41. The average molecular weight is 497 g/mol. The van der Waals surface area contributed by atoms with Gasteiger partial charge in [-0.15, -0.1) is 0 Å². The minimum absolute atomic E-state index is 0.850. The molecule has 5 N–H and O–H groups in total. The van der Waals surface area contributed by atoms with E-state index in [-0.39, 0.29) is 0 Å². The fraction of sp³-hybridized carbons (Fsp3) is 0.484. The Balaban J connectivity index is 1.38. The minimum Gasteiger partial charge on any atom is -0.398 e. The van der Waals surface area contributed by atoms with Crippen LogP contribution in [0.5, 0.6) is 0 Å². The van der Waals surface area contributed by atoms with E-state index in [0.717, 1.165) is 48.2 Å². The molecule has 4 heterocycles. The standard InChI is InChI=1S/C31H40N6/c1-34-28-20-10-6-14-36-12-4-8-18(29(20)36)16-22(28)24-26(32)25(27(24)33)23-17-19-9-5-13-37-15-7-11-21(30(19)37)31(23)35(2)3/h16-17,34H,4-15,32-33H2,1-3H3. The minimum atomic E-state index is 0.850. The molecule has 2 aromatic rings. The summed E-state index contributed by atoms with van der Waals surface area (Å²) in [6.45, 7) is 4.69. The Bertz CT molecular complexity index is 1380. The molecule has 0 unspecified atom stereocenters. The van der Waals surface area contributed by atoms with Crippen LogP contribution in [0, 0.1) is 0 Å². The van der Waals surface area contributed by atoms with Crippen molar-refractivity contribution in [1.29, 1.82) is 0 Å². The van der Waals surface area contributed by atoms with E-state index in [2.05, 4.69) is 46.2 Å². The van der Waals surface area contributed by atoms with E-state index in [1.165, 1.54) is 108 Å². The number of allylic oxidation sites excluding steroid dienone is 2. The van der Waals surface area contributed by atoms with Crippen molar-refractivity contribution in [3.63, 3.8) is 0 Å². The zero-order valence-electron chi connectivity index (χ0n) is 22.6. The Morgan fingerprint density at radius 2 is 1.19 bits per heavy atom. The van der Waals surface area contributed by atoms with E-state index in [1.807, 2.05) is 7.05 Å². The number of nitrogens with two attached hydrogens (primary N) is 2. The second-order valence-electron chi connectivity index (χ2n) is 11.7. The summed E-state index contributed by atoms with van der Waals surface area (Å²) in [6.07, 6.45) is 9.36. The summed E-state index contributed by atoms with van der Waals surface area (Å²) in [6, 6.07) is 4.79. The molecule has 0 atom stereocenters. The van der Waals surface area contributed by atoms with Gasteiger partial charge in [-0.05, 0) is 85.8 Å². The molecule has 6 nitrogen and oxygen atoms in total. The number of hydrogen-bond acceptors (Lipinski definition) is 6. The first kappa shape index (κ1) is 22.9. The van der Waals surface area contributed by atoms with Crippen LogP contribution in [0.4, 0.5) is 22.7 Å². The molecular formula is C31H40N6. The molecule has 7 rings (SSSR count). The highest BCUT2D eigenvalue weighted by Crippen LogP contribution is 2.52. The van der Waals surface area contributed by atoms with Gasteiger partial charge in [0, 0.05) is 92.3 Å². The lowest BCUT2D eigenvalue weighted by molar-refractivity contribution is 0.633. The first-order chi connectivity index (χ1) is 18.0. The fourth-order valence-corrected chi connectivity index (χ4v) is 7.95. The first-order valence-electron chi connectivity index (χ1n) is 14.2. The number of nitrogens with zero attached hydrogens (tertiary/aromatic N) is 3. The third-order valence-electron chi connectivity index (χ3n) is 9.33. The van der Waals surface area contributed by atoms with Crippen LogP contribution in [0.1, 0.15) is 59.1 Å². The highest BCUT2D eigenvalue weighted by molar-refractivity contribution is 6.12. The maximum Gasteiger partial charge on any atom is 0.0517 e. The Hall–Kier alpha value is -3.28. The molecule has 2 aromatic carbocycles. The zero-order chi connectivity index (χ0) is 25.4. The Morgan fingerprint density at radius 1 is 0.703 bits per heavy atom. The Kier molecular flexibility index (Phi) is 5.18. The van der Waals surface area contributed by atoms with Crippen molar-refractivity contribution >= 4 is 33.9 Å². The van der Waals surface area contributed by atoms with Crippen LogP contribution in [0.3, 0.4) is 0 Å². The quantitative estimate of drug-likeness (QED) is 0.588. The molecule has 1 aliphatic carbocycles. The molecule has 0 saturated carbocycles. The summed E-state index contributed by atoms with van der Waals surface area (Å²) in [5.41, 5.74) is 31.6. The molecule has 37 heavy (non-hydrogen) atoms. The molecule has 0 spiro atoms. The predicted octanol–water partition coefficient (Wildman–Crippen LogP) is 4.25. The number of benzene rings is 2. The van der Waals surface area contributed by atoms with Gasteiger partial charge in [-0.3, -0.25) is 0 Å². The van der Waals surface area contributed by atoms with Gasteiger partial charge >= 0.3 is 0 Å². The molecule has 4 aliphatic heterocycles. The summed E-state index contributed by atoms with van der Waals surface area (Å²) >= 11 is 0. The maximum absolute atomic E-state index is 7.01. The highest BCUT2D eigenvalue weighted by atomic mass is 15.2. The summed E-state index contributed by atoms with van der Waals surface area (Å²) in [4.78, 5) is 7.49. The summed E-state index contributed by atoms with van der Waals surface area (Å²) < 4.78 is 0. The largest absolute Gasteiger partial charge is 0.398 e. The van der Waals surface area contributed by atoms with Crippen molar-refractivity contribution in [2.24, 2.45) is 11.5 Å². The van der Waals surface area contributed by atoms with Gasteiger partial charge in [0.25, 0.3) is 0 Å². The van der Waals surface area contributed by atoms with Crippen LogP contribution in [0.15, 0.2) is 23.5 Å². The van der Waals surface area contributed by atoms with Crippen LogP contribution < -0.4 is 31.5 Å². The van der Waals surface area contributed by atoms with Crippen molar-refractivity contribution in [3.8, 4) is 0 Å². The fourth-order valence-electron chi connectivity index (χ4n) is 7.95. The molecule has 0 radical (unpaired) electrons. The normalized spacial score (nSPS) is 20.0. The predicted molar refractivity (Wildman–Crippen MR) is 157 cm³/mol. The molecule has 5 aliphatic rings. The SMILES string of the molecule is CNc1c(C2=C(N)C(c3cc4c5c(c3N(C)C)CCCN5CCC4)=C2N)cc2c3c1CCCN3CCC2. The van der Waals surface area contributed by atoms with Gasteiger partial charge in [0.15, 0.2) is 0 Å². The van der Waals surface area contributed by atoms with Crippen LogP contribution >= 0.6 is 0 Å². The number of anilines is 4. The Labute approximate surface area is 221 Å². The number of hydrogen-bond donors (Lipinski definition) is 3. The van der Waals surface area contributed by atoms with Gasteiger partial charge in [0.05, 0.1) is 11.4 Å². The smallest absolute Gasteiger partial charge is 0.0517 e. The van der Waals surface area contributed by atoms with Crippen molar-refractivity contribution < 1.29 is 0 Å². The van der Waals surface area contributed by atoms with E-state index in [1.54, 1.807) is 0 Å². The highest BCUT2D eigenvalue weighted by Gasteiger charge is 2.37. The van der Waals surface area contributed by atoms with Crippen LogP contribution in [0.2, 0.25) is 0 Å². The van der Waals surface area contributed by atoms with Crippen LogP contribution in [-0.4, -0.2) is 47.3 Å². The first-order valence-corrected chi connectivity index (χ1v) is 14.2. The van der Waals surface area contributed by atoms with E-state index >= 15 is 0 Å². The molecule has 0 saturated heterocycles. The summed E-state index contributed by atoms with van der Waals surface area (Å²) in [7, 11) is 6.38. The van der Waals surface area contributed by atoms with Gasteiger partial charge in [0.2, 0.25) is 0 Å². The number of nitrogens with one attached hydrogen (secondary N) is 1. The number of rotatable bonds is 4. The van der Waals surface area contributed by atoms with E-state index in [4.69, 9.17) is 11.5 Å². The van der Waals surface area contributed by atoms with E-state index < -0.39 is 0 Å². The summed E-state index contributed by atoms with van der Waals surface area (Å²) in [5, 5.41) is 3.56. The third-order valence-corrected chi connectivity index (χ3v) is 9.33. The van der Waals surface area contributed by atoms with Crippen molar-refractivity contribution in [1.82, 2.24) is 0 Å². The van der Waals surface area contributed by atoms with E-state index in [0.29, 0.717) is 0 Å². The summed E-state index contributed by atoms with van der Waals surface area (Å²) in [5.74, 6) is 0. The van der Waals surface area contributed by atoms with Gasteiger partial charge in [-0.1, -0.05) is 0 Å². The van der Waals surface area contributed by atoms with Crippen molar-refractivity contribution in [2.75, 3.05) is 67.3 Å². The molecule has 0 aromatic heterocycles. The zero-order valence-corrected chi connectivity index (χ0v) is 22.6. The average Bonchev–Trinajstić information content (AvgIpc) is 2.89. The van der Waals surface area contributed by atoms with Gasteiger partial charge < -0.3 is 31.5 Å². The van der Waals surface area contributed by atoms with Crippen molar-refractivity contribution in [3.05, 3.63) is 56.9 Å². The topological polar surface area (TPSA) is 73.8 Å². The van der Waals surface area contributed by atoms with Gasteiger partial charge in [-0.25, -0.2) is 0 Å². The third kappa shape index (κ3) is 3.17. The van der Waals surface area contributed by atoms with E-state index in [9.17, 15) is 0 Å². The number of aryl methyl sites for hydroxylation is 2. The van der Waals surface area contributed by atoms with Crippen LogP contribution in [-0.2, 0) is 25.7 Å². The second kappa shape index (κ2) is 8.37. The van der Waals surface area contributed by atoms with Gasteiger partial charge in [0.1, 0.15) is 0 Å². The van der Waals surface area contributed by atoms with Crippen molar-refractivity contribution in [2.45, 2.75) is 51.4 Å². The molecule has 6 heteroatoms. The lowest BCUT2D eigenvalue weighted by atomic mass is 9.76. The molecular weight excluding hydrogens is 456 g/mol. The lowest BCUT2D eigenvalue weighted by Crippen LogP contribution is -2.36. The molecule has 0 fully saturated rings.